The molecule has 4 heterocycles. The summed E-state index contributed by atoms with van der Waals surface area (Å²) in [7, 11) is 0. The summed E-state index contributed by atoms with van der Waals surface area (Å²) in [6, 6.07) is 0. The summed E-state index contributed by atoms with van der Waals surface area (Å²) >= 11 is 1.79. The molecule has 2 aliphatic rings. The molecular formula is C17H27ClN6S. The van der Waals surface area contributed by atoms with E-state index >= 15 is 0 Å². The average molecular weight is 383 g/mol. The Balaban J connectivity index is 0.00000182. The lowest BCUT2D eigenvalue weighted by atomic mass is 9.95. The fourth-order valence-electron chi connectivity index (χ4n) is 3.66. The molecule has 1 N–H and O–H groups in total. The first-order chi connectivity index (χ1) is 11.7. The van der Waals surface area contributed by atoms with Crippen molar-refractivity contribution in [1.29, 1.82) is 0 Å². The van der Waals surface area contributed by atoms with Crippen LogP contribution in [0.15, 0.2) is 5.38 Å². The summed E-state index contributed by atoms with van der Waals surface area (Å²) in [5.41, 5.74) is 1.23. The van der Waals surface area contributed by atoms with Gasteiger partial charge in [-0.25, -0.2) is 4.98 Å². The number of hydrogen-bond donors (Lipinski definition) is 1. The predicted molar refractivity (Wildman–Crippen MR) is 102 cm³/mol. The Hall–Kier alpha value is -1.02. The van der Waals surface area contributed by atoms with Crippen molar-refractivity contribution in [3.05, 3.63) is 27.7 Å². The molecule has 0 bridgehead atoms. The third kappa shape index (κ3) is 4.05. The largest absolute Gasteiger partial charge is 0.312 e. The van der Waals surface area contributed by atoms with Crippen molar-refractivity contribution >= 4 is 23.7 Å². The van der Waals surface area contributed by atoms with Gasteiger partial charge < -0.3 is 9.88 Å². The van der Waals surface area contributed by atoms with Crippen molar-refractivity contribution in [3.8, 4) is 0 Å². The van der Waals surface area contributed by atoms with E-state index in [1.807, 2.05) is 0 Å². The molecule has 138 valence electrons. The number of nitrogens with zero attached hydrogens (tertiary/aromatic N) is 5. The van der Waals surface area contributed by atoms with Gasteiger partial charge in [-0.05, 0) is 25.9 Å². The zero-order valence-corrected chi connectivity index (χ0v) is 16.6. The van der Waals surface area contributed by atoms with Crippen LogP contribution in [0.3, 0.4) is 0 Å². The van der Waals surface area contributed by atoms with E-state index in [0.717, 1.165) is 45.1 Å². The summed E-state index contributed by atoms with van der Waals surface area (Å²) < 4.78 is 2.34. The first-order valence-corrected chi connectivity index (χ1v) is 9.88. The van der Waals surface area contributed by atoms with Crippen LogP contribution in [0.2, 0.25) is 0 Å². The maximum Gasteiger partial charge on any atom is 0.147 e. The number of nitrogens with one attached hydrogen (secondary N) is 1. The van der Waals surface area contributed by atoms with Crippen molar-refractivity contribution < 1.29 is 0 Å². The van der Waals surface area contributed by atoms with Gasteiger partial charge in [0.25, 0.3) is 0 Å². The second kappa shape index (κ2) is 8.12. The van der Waals surface area contributed by atoms with Gasteiger partial charge in [0.15, 0.2) is 0 Å². The van der Waals surface area contributed by atoms with Crippen LogP contribution in [0.5, 0.6) is 0 Å². The zero-order valence-electron chi connectivity index (χ0n) is 14.9. The van der Waals surface area contributed by atoms with E-state index in [0.29, 0.717) is 11.8 Å². The van der Waals surface area contributed by atoms with Gasteiger partial charge in [-0.3, -0.25) is 4.90 Å². The Morgan fingerprint density at radius 1 is 1.24 bits per heavy atom. The van der Waals surface area contributed by atoms with Gasteiger partial charge in [-0.2, -0.15) is 0 Å². The first kappa shape index (κ1) is 18.8. The first-order valence-electron chi connectivity index (χ1n) is 9.00. The number of rotatable bonds is 4. The van der Waals surface area contributed by atoms with Crippen molar-refractivity contribution in [2.75, 3.05) is 19.6 Å². The summed E-state index contributed by atoms with van der Waals surface area (Å²) in [6.07, 6.45) is 2.35. The summed E-state index contributed by atoms with van der Waals surface area (Å²) in [5.74, 6) is 3.40. The lowest BCUT2D eigenvalue weighted by molar-refractivity contribution is 0.197. The molecule has 0 saturated carbocycles. The van der Waals surface area contributed by atoms with Crippen LogP contribution in [0, 0.1) is 0 Å². The highest BCUT2D eigenvalue weighted by Gasteiger charge is 2.27. The van der Waals surface area contributed by atoms with Crippen LogP contribution in [0.1, 0.15) is 60.9 Å². The standard InChI is InChI=1S/C17H26N6S.ClH/c1-12(2)17-19-14(11-24-17)10-22-6-3-13(4-7-22)16-21-20-15-9-18-5-8-23(15)16;/h11-13,18H,3-10H2,1-2H3;1H. The molecule has 0 aromatic carbocycles. The van der Waals surface area contributed by atoms with E-state index in [1.54, 1.807) is 11.3 Å². The molecule has 0 spiro atoms. The molecule has 4 rings (SSSR count). The van der Waals surface area contributed by atoms with Gasteiger partial charge in [0, 0.05) is 36.9 Å². The van der Waals surface area contributed by atoms with E-state index in [1.165, 1.54) is 29.4 Å². The van der Waals surface area contributed by atoms with E-state index < -0.39 is 0 Å². The summed E-state index contributed by atoms with van der Waals surface area (Å²) in [4.78, 5) is 7.31. The van der Waals surface area contributed by atoms with Crippen LogP contribution in [0.4, 0.5) is 0 Å². The smallest absolute Gasteiger partial charge is 0.147 e. The summed E-state index contributed by atoms with van der Waals surface area (Å²) in [5, 5.41) is 15.7. The third-order valence-electron chi connectivity index (χ3n) is 5.05. The SMILES string of the molecule is CC(C)c1nc(CN2CCC(c3nnc4n3CCNC4)CC2)cs1.Cl. The molecule has 0 atom stereocenters. The molecule has 1 saturated heterocycles. The molecule has 8 heteroatoms. The molecule has 0 amide bonds. The molecule has 0 radical (unpaired) electrons. The van der Waals surface area contributed by atoms with Crippen LogP contribution in [0.25, 0.3) is 0 Å². The van der Waals surface area contributed by atoms with E-state index in [9.17, 15) is 0 Å². The quantitative estimate of drug-likeness (QED) is 0.881. The highest BCUT2D eigenvalue weighted by Crippen LogP contribution is 2.29. The number of fused-ring (bicyclic) bond motifs is 1. The van der Waals surface area contributed by atoms with Gasteiger partial charge in [-0.15, -0.1) is 33.9 Å². The number of aromatic nitrogens is 4. The maximum atomic E-state index is 4.77. The maximum absolute atomic E-state index is 4.77. The van der Waals surface area contributed by atoms with Gasteiger partial charge in [0.2, 0.25) is 0 Å². The number of piperidine rings is 1. The molecule has 2 aromatic heterocycles. The molecule has 1 fully saturated rings. The third-order valence-corrected chi connectivity index (χ3v) is 6.25. The molecule has 0 aliphatic carbocycles. The zero-order chi connectivity index (χ0) is 16.5. The fraction of sp³-hybridized carbons (Fsp3) is 0.706. The molecule has 2 aliphatic heterocycles. The number of halogens is 1. The van der Waals surface area contributed by atoms with E-state index in [4.69, 9.17) is 4.98 Å². The van der Waals surface area contributed by atoms with Crippen molar-refractivity contribution in [2.45, 2.75) is 58.2 Å². The normalized spacial score (nSPS) is 19.0. The van der Waals surface area contributed by atoms with Crippen LogP contribution in [-0.2, 0) is 19.6 Å². The molecule has 25 heavy (non-hydrogen) atoms. The highest BCUT2D eigenvalue weighted by molar-refractivity contribution is 7.09. The minimum atomic E-state index is 0. The Kier molecular flexibility index (Phi) is 6.09. The van der Waals surface area contributed by atoms with Gasteiger partial charge in [-0.1, -0.05) is 13.8 Å². The van der Waals surface area contributed by atoms with Gasteiger partial charge in [0.1, 0.15) is 11.6 Å². The number of hydrogen-bond acceptors (Lipinski definition) is 6. The monoisotopic (exact) mass is 382 g/mol. The fourth-order valence-corrected chi connectivity index (χ4v) is 4.48. The highest BCUT2D eigenvalue weighted by atomic mass is 35.5. The van der Waals surface area contributed by atoms with Crippen LogP contribution < -0.4 is 5.32 Å². The molecule has 0 unspecified atom stereocenters. The number of likely N-dealkylation sites (tertiary alicyclic amines) is 1. The molecule has 6 nitrogen and oxygen atoms in total. The van der Waals surface area contributed by atoms with Crippen LogP contribution in [-0.4, -0.2) is 44.3 Å². The lowest BCUT2D eigenvalue weighted by Gasteiger charge is -2.31. The van der Waals surface area contributed by atoms with Gasteiger partial charge >= 0.3 is 0 Å². The van der Waals surface area contributed by atoms with Crippen LogP contribution >= 0.6 is 23.7 Å². The Labute approximate surface area is 159 Å². The molecular weight excluding hydrogens is 356 g/mol. The number of thiazole rings is 1. The second-order valence-corrected chi connectivity index (χ2v) is 8.07. The minimum Gasteiger partial charge on any atom is -0.312 e. The van der Waals surface area contributed by atoms with E-state index in [2.05, 4.69) is 44.2 Å². The Morgan fingerprint density at radius 3 is 2.76 bits per heavy atom. The lowest BCUT2D eigenvalue weighted by Crippen LogP contribution is -2.34. The molecule has 2 aromatic rings. The van der Waals surface area contributed by atoms with Gasteiger partial charge in [0.05, 0.1) is 17.2 Å². The van der Waals surface area contributed by atoms with Crippen molar-refractivity contribution in [3.63, 3.8) is 0 Å². The second-order valence-electron chi connectivity index (χ2n) is 7.19. The Morgan fingerprint density at radius 2 is 2.04 bits per heavy atom. The predicted octanol–water partition coefficient (Wildman–Crippen LogP) is 2.76. The van der Waals surface area contributed by atoms with E-state index in [-0.39, 0.29) is 12.4 Å². The van der Waals surface area contributed by atoms with Crippen molar-refractivity contribution in [2.24, 2.45) is 0 Å². The average Bonchev–Trinajstić information content (AvgIpc) is 3.23. The van der Waals surface area contributed by atoms with Crippen molar-refractivity contribution in [1.82, 2.24) is 30.0 Å². The Bertz CT molecular complexity index is 689. The summed E-state index contributed by atoms with van der Waals surface area (Å²) in [6.45, 7) is 10.5. The minimum absolute atomic E-state index is 0. The topological polar surface area (TPSA) is 58.9 Å².